The molecule has 2 N–H and O–H groups in total. The van der Waals surface area contributed by atoms with Crippen molar-refractivity contribution in [3.8, 4) is 0 Å². The number of rotatable bonds is 5. The fourth-order valence-electron chi connectivity index (χ4n) is 1.08. The Balaban J connectivity index is 2.91. The van der Waals surface area contributed by atoms with Gasteiger partial charge in [-0.15, -0.1) is 0 Å². The van der Waals surface area contributed by atoms with Gasteiger partial charge in [0.1, 0.15) is 6.20 Å². The second-order valence-corrected chi connectivity index (χ2v) is 3.58. The minimum atomic E-state index is -0.609. The lowest BCUT2D eigenvalue weighted by Crippen LogP contribution is -2.29. The Labute approximate surface area is 103 Å². The van der Waals surface area contributed by atoms with Crippen molar-refractivity contribution in [2.45, 2.75) is 0 Å². The van der Waals surface area contributed by atoms with Gasteiger partial charge in [0.2, 0.25) is 17.7 Å². The summed E-state index contributed by atoms with van der Waals surface area (Å²) in [5, 5.41) is 16.1. The number of amides is 1. The van der Waals surface area contributed by atoms with Gasteiger partial charge in [0.05, 0.1) is 11.5 Å². The molecule has 9 heteroatoms. The van der Waals surface area contributed by atoms with E-state index in [-0.39, 0.29) is 29.9 Å². The fraction of sp³-hybridized carbons (Fsp3) is 0.444. The number of carbonyl (C=O) groups excluding carboxylic acids is 1. The standard InChI is InChI=1S/C9H14N6O3/c1-10-9-12-4-6(15(17)18)8(13-9)11-5-7(16)14(2)3/h4H,5H2,1-3H3,(H2,10,11,12,13). The summed E-state index contributed by atoms with van der Waals surface area (Å²) in [5.74, 6) is 0.0314. The van der Waals surface area contributed by atoms with E-state index in [1.54, 1.807) is 21.1 Å². The van der Waals surface area contributed by atoms with Gasteiger partial charge in [-0.05, 0) is 0 Å². The van der Waals surface area contributed by atoms with Crippen LogP contribution in [0.25, 0.3) is 0 Å². The number of hydrogen-bond acceptors (Lipinski definition) is 7. The van der Waals surface area contributed by atoms with E-state index in [0.717, 1.165) is 6.20 Å². The first-order valence-corrected chi connectivity index (χ1v) is 5.09. The molecule has 1 aromatic heterocycles. The van der Waals surface area contributed by atoms with E-state index < -0.39 is 4.92 Å². The maximum Gasteiger partial charge on any atom is 0.329 e. The van der Waals surface area contributed by atoms with Crippen LogP contribution in [0.15, 0.2) is 6.20 Å². The van der Waals surface area contributed by atoms with Crippen LogP contribution in [0.1, 0.15) is 0 Å². The zero-order valence-electron chi connectivity index (χ0n) is 10.3. The number of aromatic nitrogens is 2. The molecule has 0 aliphatic carbocycles. The van der Waals surface area contributed by atoms with Gasteiger partial charge < -0.3 is 15.5 Å². The van der Waals surface area contributed by atoms with Crippen molar-refractivity contribution >= 4 is 23.4 Å². The highest BCUT2D eigenvalue weighted by Crippen LogP contribution is 2.21. The third-order valence-corrected chi connectivity index (χ3v) is 2.10. The molecule has 0 atom stereocenters. The van der Waals surface area contributed by atoms with E-state index in [0.29, 0.717) is 0 Å². The molecule has 98 valence electrons. The highest BCUT2D eigenvalue weighted by molar-refractivity contribution is 5.80. The van der Waals surface area contributed by atoms with Crippen LogP contribution in [0.2, 0.25) is 0 Å². The second kappa shape index (κ2) is 5.75. The lowest BCUT2D eigenvalue weighted by atomic mass is 10.4. The van der Waals surface area contributed by atoms with Crippen LogP contribution < -0.4 is 10.6 Å². The zero-order valence-corrected chi connectivity index (χ0v) is 10.3. The van der Waals surface area contributed by atoms with Crippen LogP contribution >= 0.6 is 0 Å². The number of nitro groups is 1. The molecule has 1 aromatic rings. The largest absolute Gasteiger partial charge is 0.357 e. The first-order valence-electron chi connectivity index (χ1n) is 5.09. The summed E-state index contributed by atoms with van der Waals surface area (Å²) in [6.07, 6.45) is 1.08. The minimum absolute atomic E-state index is 0.00884. The van der Waals surface area contributed by atoms with Gasteiger partial charge in [-0.25, -0.2) is 4.98 Å². The smallest absolute Gasteiger partial charge is 0.329 e. The van der Waals surface area contributed by atoms with Gasteiger partial charge in [-0.3, -0.25) is 14.9 Å². The third kappa shape index (κ3) is 3.27. The van der Waals surface area contributed by atoms with Gasteiger partial charge in [0, 0.05) is 21.1 Å². The number of likely N-dealkylation sites (N-methyl/N-ethyl adjacent to an activating group) is 1. The maximum absolute atomic E-state index is 11.4. The molecule has 1 amide bonds. The van der Waals surface area contributed by atoms with Crippen molar-refractivity contribution in [2.75, 3.05) is 38.3 Å². The summed E-state index contributed by atoms with van der Waals surface area (Å²) in [6, 6.07) is 0. The maximum atomic E-state index is 11.4. The van der Waals surface area contributed by atoms with Crippen LogP contribution in [-0.2, 0) is 4.79 Å². The first-order chi connectivity index (χ1) is 8.45. The molecule has 0 aromatic carbocycles. The molecular weight excluding hydrogens is 240 g/mol. The molecule has 0 radical (unpaired) electrons. The average Bonchev–Trinajstić information content (AvgIpc) is 2.34. The Morgan fingerprint density at radius 2 is 2.22 bits per heavy atom. The summed E-state index contributed by atoms with van der Waals surface area (Å²) < 4.78 is 0. The molecule has 9 nitrogen and oxygen atoms in total. The molecule has 1 heterocycles. The van der Waals surface area contributed by atoms with Crippen LogP contribution in [-0.4, -0.2) is 53.4 Å². The summed E-state index contributed by atoms with van der Waals surface area (Å²) in [7, 11) is 4.78. The Kier molecular flexibility index (Phi) is 4.35. The summed E-state index contributed by atoms with van der Waals surface area (Å²) in [4.78, 5) is 30.6. The number of anilines is 2. The Morgan fingerprint density at radius 1 is 1.56 bits per heavy atom. The van der Waals surface area contributed by atoms with Crippen molar-refractivity contribution in [1.29, 1.82) is 0 Å². The molecule has 0 saturated heterocycles. The van der Waals surface area contributed by atoms with Crippen molar-refractivity contribution in [3.63, 3.8) is 0 Å². The third-order valence-electron chi connectivity index (χ3n) is 2.10. The van der Waals surface area contributed by atoms with E-state index in [2.05, 4.69) is 20.6 Å². The van der Waals surface area contributed by atoms with Crippen molar-refractivity contribution in [1.82, 2.24) is 14.9 Å². The topological polar surface area (TPSA) is 113 Å². The Hall–Kier alpha value is -2.45. The van der Waals surface area contributed by atoms with E-state index in [4.69, 9.17) is 0 Å². The quantitative estimate of drug-likeness (QED) is 0.558. The second-order valence-electron chi connectivity index (χ2n) is 3.58. The molecule has 0 bridgehead atoms. The summed E-state index contributed by atoms with van der Waals surface area (Å²) >= 11 is 0. The Morgan fingerprint density at radius 3 is 2.72 bits per heavy atom. The Bertz CT molecular complexity index is 462. The van der Waals surface area contributed by atoms with Crippen LogP contribution in [0.4, 0.5) is 17.5 Å². The normalized spacial score (nSPS) is 9.72. The molecule has 1 rings (SSSR count). The van der Waals surface area contributed by atoms with Gasteiger partial charge in [-0.1, -0.05) is 0 Å². The molecule has 0 aliphatic heterocycles. The number of nitrogens with one attached hydrogen (secondary N) is 2. The molecule has 0 saturated carbocycles. The molecule has 0 fully saturated rings. The van der Waals surface area contributed by atoms with Crippen LogP contribution in [0.3, 0.4) is 0 Å². The summed E-state index contributed by atoms with van der Waals surface area (Å²) in [6.45, 7) is -0.0754. The molecular formula is C9H14N6O3. The van der Waals surface area contributed by atoms with E-state index in [9.17, 15) is 14.9 Å². The van der Waals surface area contributed by atoms with Crippen molar-refractivity contribution < 1.29 is 9.72 Å². The molecule has 0 spiro atoms. The van der Waals surface area contributed by atoms with E-state index in [1.165, 1.54) is 4.90 Å². The highest BCUT2D eigenvalue weighted by Gasteiger charge is 2.17. The van der Waals surface area contributed by atoms with Gasteiger partial charge in [-0.2, -0.15) is 4.98 Å². The molecule has 0 unspecified atom stereocenters. The average molecular weight is 254 g/mol. The minimum Gasteiger partial charge on any atom is -0.357 e. The lowest BCUT2D eigenvalue weighted by Gasteiger charge is -2.11. The van der Waals surface area contributed by atoms with Gasteiger partial charge in [0.15, 0.2) is 0 Å². The van der Waals surface area contributed by atoms with Crippen molar-refractivity contribution in [3.05, 3.63) is 16.3 Å². The number of hydrogen-bond donors (Lipinski definition) is 2. The predicted octanol–water partition coefficient (Wildman–Crippen LogP) is -0.0734. The first kappa shape index (κ1) is 13.6. The highest BCUT2D eigenvalue weighted by atomic mass is 16.6. The van der Waals surface area contributed by atoms with E-state index in [1.807, 2.05) is 0 Å². The van der Waals surface area contributed by atoms with Crippen molar-refractivity contribution in [2.24, 2.45) is 0 Å². The van der Waals surface area contributed by atoms with E-state index >= 15 is 0 Å². The zero-order chi connectivity index (χ0) is 13.7. The SMILES string of the molecule is CNc1ncc([N+](=O)[O-])c(NCC(=O)N(C)C)n1. The number of nitrogens with zero attached hydrogens (tertiary/aromatic N) is 4. The molecule has 0 aliphatic rings. The van der Waals surface area contributed by atoms with Gasteiger partial charge in [0.25, 0.3) is 0 Å². The van der Waals surface area contributed by atoms with Crippen LogP contribution in [0, 0.1) is 10.1 Å². The number of carbonyl (C=O) groups is 1. The predicted molar refractivity (Wildman–Crippen MR) is 65.4 cm³/mol. The monoisotopic (exact) mass is 254 g/mol. The molecule has 18 heavy (non-hydrogen) atoms. The van der Waals surface area contributed by atoms with Gasteiger partial charge >= 0.3 is 5.69 Å². The van der Waals surface area contributed by atoms with Crippen LogP contribution in [0.5, 0.6) is 0 Å². The lowest BCUT2D eigenvalue weighted by molar-refractivity contribution is -0.384. The fourth-order valence-corrected chi connectivity index (χ4v) is 1.08. The summed E-state index contributed by atoms with van der Waals surface area (Å²) in [5.41, 5.74) is -0.277.